The van der Waals surface area contributed by atoms with Gasteiger partial charge < -0.3 is 15.8 Å². The van der Waals surface area contributed by atoms with Crippen LogP contribution in [0.25, 0.3) is 0 Å². The molecule has 0 spiro atoms. The molecular weight excluding hydrogens is 266 g/mol. The molecule has 3 N–H and O–H groups in total. The van der Waals surface area contributed by atoms with Gasteiger partial charge in [0.25, 0.3) is 0 Å². The first-order chi connectivity index (χ1) is 10.2. The fourth-order valence-corrected chi connectivity index (χ4v) is 1.99. The molecule has 6 heteroatoms. The predicted molar refractivity (Wildman–Crippen MR) is 82.7 cm³/mol. The van der Waals surface area contributed by atoms with Crippen molar-refractivity contribution in [1.29, 1.82) is 0 Å². The molecule has 21 heavy (non-hydrogen) atoms. The summed E-state index contributed by atoms with van der Waals surface area (Å²) in [5, 5.41) is 3.24. The van der Waals surface area contributed by atoms with Crippen molar-refractivity contribution in [3.63, 3.8) is 0 Å². The fraction of sp³-hybridized carbons (Fsp3) is 0.400. The predicted octanol–water partition coefficient (Wildman–Crippen LogP) is 2.16. The second-order valence-electron chi connectivity index (χ2n) is 4.55. The molecule has 2 rings (SSSR count). The van der Waals surface area contributed by atoms with Crippen molar-refractivity contribution in [1.82, 2.24) is 15.0 Å². The maximum atomic E-state index is 5.79. The third kappa shape index (κ3) is 4.39. The monoisotopic (exact) mass is 287 g/mol. The molecule has 0 aliphatic carbocycles. The Kier molecular flexibility index (Phi) is 5.45. The van der Waals surface area contributed by atoms with Gasteiger partial charge in [-0.3, -0.25) is 4.98 Å². The first kappa shape index (κ1) is 15.2. The summed E-state index contributed by atoms with van der Waals surface area (Å²) in [5.41, 5.74) is 8.03. The van der Waals surface area contributed by atoms with E-state index in [2.05, 4.69) is 33.3 Å². The van der Waals surface area contributed by atoms with E-state index < -0.39 is 0 Å². The molecule has 0 unspecified atom stereocenters. The average Bonchev–Trinajstić information content (AvgIpc) is 2.50. The van der Waals surface area contributed by atoms with E-state index in [1.54, 1.807) is 12.3 Å². The van der Waals surface area contributed by atoms with Gasteiger partial charge in [-0.2, -0.15) is 0 Å². The molecule has 0 aromatic carbocycles. The first-order valence-electron chi connectivity index (χ1n) is 7.10. The van der Waals surface area contributed by atoms with Crippen LogP contribution in [0.4, 0.5) is 11.6 Å². The molecule has 2 aromatic heterocycles. The SMILES string of the molecule is CCOCc1nc(N)cc(NCc2ncccc2CC)n1. The Labute approximate surface area is 124 Å². The molecule has 0 atom stereocenters. The minimum absolute atomic E-state index is 0.361. The Morgan fingerprint density at radius 1 is 1.29 bits per heavy atom. The Hall–Kier alpha value is -2.21. The second-order valence-corrected chi connectivity index (χ2v) is 4.55. The molecule has 0 fully saturated rings. The van der Waals surface area contributed by atoms with Crippen LogP contribution in [0.1, 0.15) is 30.9 Å². The Balaban J connectivity index is 2.07. The highest BCUT2D eigenvalue weighted by Crippen LogP contribution is 2.12. The maximum absolute atomic E-state index is 5.79. The number of nitrogens with zero attached hydrogens (tertiary/aromatic N) is 3. The van der Waals surface area contributed by atoms with E-state index in [4.69, 9.17) is 10.5 Å². The number of nitrogen functional groups attached to an aromatic ring is 1. The largest absolute Gasteiger partial charge is 0.384 e. The lowest BCUT2D eigenvalue weighted by Gasteiger charge is -2.10. The Bertz CT molecular complexity index is 588. The zero-order valence-corrected chi connectivity index (χ0v) is 12.5. The molecular formula is C15H21N5O. The summed E-state index contributed by atoms with van der Waals surface area (Å²) in [6.45, 7) is 5.63. The lowest BCUT2D eigenvalue weighted by atomic mass is 10.1. The molecule has 6 nitrogen and oxygen atoms in total. The second kappa shape index (κ2) is 7.54. The van der Waals surface area contributed by atoms with Gasteiger partial charge in [-0.1, -0.05) is 13.0 Å². The third-order valence-electron chi connectivity index (χ3n) is 3.03. The number of ether oxygens (including phenoxy) is 1. The van der Waals surface area contributed by atoms with Gasteiger partial charge in [0.2, 0.25) is 0 Å². The van der Waals surface area contributed by atoms with Crippen molar-refractivity contribution in [3.05, 3.63) is 41.5 Å². The van der Waals surface area contributed by atoms with Crippen molar-refractivity contribution in [2.45, 2.75) is 33.4 Å². The molecule has 0 bridgehead atoms. The fourth-order valence-electron chi connectivity index (χ4n) is 1.99. The summed E-state index contributed by atoms with van der Waals surface area (Å²) < 4.78 is 5.31. The minimum Gasteiger partial charge on any atom is -0.384 e. The molecule has 2 heterocycles. The number of pyridine rings is 1. The van der Waals surface area contributed by atoms with Crippen LogP contribution < -0.4 is 11.1 Å². The van der Waals surface area contributed by atoms with Gasteiger partial charge in [0.1, 0.15) is 18.2 Å². The third-order valence-corrected chi connectivity index (χ3v) is 3.03. The van der Waals surface area contributed by atoms with Crippen LogP contribution in [0.5, 0.6) is 0 Å². The molecule has 2 aromatic rings. The topological polar surface area (TPSA) is 86.0 Å². The number of nitrogens with two attached hydrogens (primary N) is 1. The Morgan fingerprint density at radius 2 is 2.14 bits per heavy atom. The van der Waals surface area contributed by atoms with E-state index in [0.29, 0.717) is 37.2 Å². The van der Waals surface area contributed by atoms with Gasteiger partial charge in [-0.15, -0.1) is 0 Å². The van der Waals surface area contributed by atoms with E-state index in [9.17, 15) is 0 Å². The summed E-state index contributed by atoms with van der Waals surface area (Å²) >= 11 is 0. The van der Waals surface area contributed by atoms with Gasteiger partial charge >= 0.3 is 0 Å². The first-order valence-corrected chi connectivity index (χ1v) is 7.10. The number of aryl methyl sites for hydroxylation is 1. The summed E-state index contributed by atoms with van der Waals surface area (Å²) in [6, 6.07) is 5.74. The van der Waals surface area contributed by atoms with Gasteiger partial charge in [0.15, 0.2) is 5.82 Å². The summed E-state index contributed by atoms with van der Waals surface area (Å²) in [5.74, 6) is 1.69. The lowest BCUT2D eigenvalue weighted by molar-refractivity contribution is 0.128. The normalized spacial score (nSPS) is 10.6. The van der Waals surface area contributed by atoms with Gasteiger partial charge in [0.05, 0.1) is 12.2 Å². The number of anilines is 2. The van der Waals surface area contributed by atoms with Crippen LogP contribution in [-0.2, 0) is 24.3 Å². The zero-order chi connectivity index (χ0) is 15.1. The van der Waals surface area contributed by atoms with Crippen molar-refractivity contribution < 1.29 is 4.74 Å². The molecule has 0 aliphatic heterocycles. The van der Waals surface area contributed by atoms with E-state index in [-0.39, 0.29) is 0 Å². The highest BCUT2D eigenvalue weighted by Gasteiger charge is 2.05. The average molecular weight is 287 g/mol. The minimum atomic E-state index is 0.361. The molecule has 0 amide bonds. The molecule has 0 radical (unpaired) electrons. The molecule has 112 valence electrons. The van der Waals surface area contributed by atoms with Crippen LogP contribution in [0, 0.1) is 0 Å². The standard InChI is InChI=1S/C15H21N5O/c1-3-11-6-5-7-17-12(11)9-18-14-8-13(16)19-15(20-14)10-21-4-2/h5-8H,3-4,9-10H2,1-2H3,(H3,16,18,19,20). The number of hydrogen-bond acceptors (Lipinski definition) is 6. The van der Waals surface area contributed by atoms with Crippen LogP contribution in [0.15, 0.2) is 24.4 Å². The van der Waals surface area contributed by atoms with Gasteiger partial charge in [-0.25, -0.2) is 9.97 Å². The van der Waals surface area contributed by atoms with Gasteiger partial charge in [0, 0.05) is 18.9 Å². The van der Waals surface area contributed by atoms with Crippen LogP contribution >= 0.6 is 0 Å². The van der Waals surface area contributed by atoms with Crippen molar-refractivity contribution in [2.75, 3.05) is 17.7 Å². The molecule has 0 saturated carbocycles. The van der Waals surface area contributed by atoms with Crippen LogP contribution in [0.3, 0.4) is 0 Å². The van der Waals surface area contributed by atoms with Crippen molar-refractivity contribution in [2.24, 2.45) is 0 Å². The number of aromatic nitrogens is 3. The number of nitrogens with one attached hydrogen (secondary N) is 1. The maximum Gasteiger partial charge on any atom is 0.158 e. The number of rotatable bonds is 7. The van der Waals surface area contributed by atoms with Crippen molar-refractivity contribution in [3.8, 4) is 0 Å². The summed E-state index contributed by atoms with van der Waals surface area (Å²) in [6.07, 6.45) is 2.75. The quantitative estimate of drug-likeness (QED) is 0.811. The highest BCUT2D eigenvalue weighted by molar-refractivity contribution is 5.45. The molecule has 0 saturated heterocycles. The smallest absolute Gasteiger partial charge is 0.158 e. The van der Waals surface area contributed by atoms with E-state index >= 15 is 0 Å². The lowest BCUT2D eigenvalue weighted by Crippen LogP contribution is -2.09. The van der Waals surface area contributed by atoms with E-state index in [0.717, 1.165) is 12.1 Å². The number of hydrogen-bond donors (Lipinski definition) is 2. The zero-order valence-electron chi connectivity index (χ0n) is 12.5. The highest BCUT2D eigenvalue weighted by atomic mass is 16.5. The van der Waals surface area contributed by atoms with Crippen LogP contribution in [0.2, 0.25) is 0 Å². The van der Waals surface area contributed by atoms with E-state index in [1.165, 1.54) is 5.56 Å². The summed E-state index contributed by atoms with van der Waals surface area (Å²) in [4.78, 5) is 12.9. The Morgan fingerprint density at radius 3 is 2.90 bits per heavy atom. The molecule has 0 aliphatic rings. The van der Waals surface area contributed by atoms with Gasteiger partial charge in [-0.05, 0) is 25.0 Å². The van der Waals surface area contributed by atoms with Crippen molar-refractivity contribution >= 4 is 11.6 Å². The van der Waals surface area contributed by atoms with Crippen LogP contribution in [-0.4, -0.2) is 21.6 Å². The van der Waals surface area contributed by atoms with E-state index in [1.807, 2.05) is 13.0 Å². The summed E-state index contributed by atoms with van der Waals surface area (Å²) in [7, 11) is 0.